The van der Waals surface area contributed by atoms with Gasteiger partial charge in [-0.2, -0.15) is 0 Å². The molecule has 0 fully saturated rings. The van der Waals surface area contributed by atoms with E-state index in [4.69, 9.17) is 17.3 Å². The number of halogens is 2. The van der Waals surface area contributed by atoms with Crippen molar-refractivity contribution in [1.29, 1.82) is 0 Å². The molecular weight excluding hydrogens is 481 g/mol. The van der Waals surface area contributed by atoms with Crippen molar-refractivity contribution in [2.45, 2.75) is 20.3 Å². The quantitative estimate of drug-likeness (QED) is 0.214. The minimum absolute atomic E-state index is 0.519. The van der Waals surface area contributed by atoms with Crippen molar-refractivity contribution in [3.63, 3.8) is 0 Å². The van der Waals surface area contributed by atoms with Gasteiger partial charge in [-0.05, 0) is 53.6 Å². The van der Waals surface area contributed by atoms with Gasteiger partial charge in [0, 0.05) is 35.8 Å². The number of aryl methyl sites for hydroxylation is 2. The summed E-state index contributed by atoms with van der Waals surface area (Å²) in [6, 6.07) is 4.10. The Kier molecular flexibility index (Phi) is 6.09. The largest absolute Gasteiger partial charge is 0.379 e. The lowest BCUT2D eigenvalue weighted by atomic mass is 10.1. The topological polar surface area (TPSA) is 67.4 Å². The van der Waals surface area contributed by atoms with Crippen LogP contribution in [0.4, 0.5) is 5.82 Å². The van der Waals surface area contributed by atoms with Gasteiger partial charge < -0.3 is 10.6 Å². The van der Waals surface area contributed by atoms with Gasteiger partial charge in [0.1, 0.15) is 5.82 Å². The number of hydrogen-bond acceptors (Lipinski definition) is 5. The summed E-state index contributed by atoms with van der Waals surface area (Å²) < 4.78 is 0.519. The number of anilines is 1. The second-order valence-corrected chi connectivity index (χ2v) is 8.25. The number of nitrogens with two attached hydrogens (primary N) is 1. The van der Waals surface area contributed by atoms with Gasteiger partial charge in [0.15, 0.2) is 3.84 Å². The summed E-state index contributed by atoms with van der Waals surface area (Å²) in [4.78, 5) is 16.5. The third-order valence-electron chi connectivity index (χ3n) is 4.17. The van der Waals surface area contributed by atoms with E-state index < -0.39 is 0 Å². The van der Waals surface area contributed by atoms with Crippen LogP contribution in [-0.4, -0.2) is 26.9 Å². The van der Waals surface area contributed by atoms with Crippen LogP contribution in [-0.2, 0) is 0 Å². The fourth-order valence-corrected chi connectivity index (χ4v) is 3.78. The molecule has 136 valence electrons. The van der Waals surface area contributed by atoms with Crippen molar-refractivity contribution in [1.82, 2.24) is 9.97 Å². The lowest BCUT2D eigenvalue weighted by Crippen LogP contribution is -2.31. The second kappa shape index (κ2) is 8.14. The first-order chi connectivity index (χ1) is 12.3. The summed E-state index contributed by atoms with van der Waals surface area (Å²) in [6.45, 7) is 5.50. The highest BCUT2D eigenvalue weighted by Gasteiger charge is 2.20. The van der Waals surface area contributed by atoms with Gasteiger partial charge in [0.2, 0.25) is 0 Å². The number of aromatic nitrogens is 2. The highest BCUT2D eigenvalue weighted by molar-refractivity contribution is 14.1. The number of aliphatic imine (C=N–C) groups is 1. The van der Waals surface area contributed by atoms with Crippen molar-refractivity contribution in [3.8, 4) is 11.3 Å². The number of thiol groups is 1. The van der Waals surface area contributed by atoms with Crippen LogP contribution in [0, 0.1) is 13.8 Å². The van der Waals surface area contributed by atoms with E-state index in [0.29, 0.717) is 15.4 Å². The van der Waals surface area contributed by atoms with Gasteiger partial charge in [-0.15, -0.1) is 12.6 Å². The fourth-order valence-electron chi connectivity index (χ4n) is 2.96. The normalized spacial score (nSPS) is 15.6. The minimum atomic E-state index is 0.519. The molecule has 0 atom stereocenters. The molecule has 0 amide bonds. The summed E-state index contributed by atoms with van der Waals surface area (Å²) in [5.41, 5.74) is 10.6. The van der Waals surface area contributed by atoms with E-state index >= 15 is 0 Å². The molecule has 0 bridgehead atoms. The molecule has 0 aromatic carbocycles. The van der Waals surface area contributed by atoms with Crippen molar-refractivity contribution >= 4 is 56.5 Å². The molecule has 26 heavy (non-hydrogen) atoms. The number of nitrogens with zero attached hydrogens (tertiary/aromatic N) is 4. The Labute approximate surface area is 177 Å². The average molecular weight is 500 g/mol. The van der Waals surface area contributed by atoms with Crippen LogP contribution in [0.1, 0.15) is 17.5 Å². The first-order valence-electron chi connectivity index (χ1n) is 8.10. The molecule has 0 aliphatic carbocycles. The molecule has 2 aromatic rings. The van der Waals surface area contributed by atoms with Gasteiger partial charge in [-0.25, -0.2) is 9.98 Å². The Hall–Kier alpha value is -1.32. The molecule has 2 N–H and O–H groups in total. The minimum Gasteiger partial charge on any atom is -0.379 e. The number of hydrogen-bond donors (Lipinski definition) is 2. The second-order valence-electron chi connectivity index (χ2n) is 6.20. The molecule has 0 saturated heterocycles. The molecule has 0 radical (unpaired) electrons. The van der Waals surface area contributed by atoms with Crippen molar-refractivity contribution in [3.05, 3.63) is 51.3 Å². The zero-order valence-corrected chi connectivity index (χ0v) is 18.3. The van der Waals surface area contributed by atoms with E-state index in [1.165, 1.54) is 0 Å². The Morgan fingerprint density at radius 3 is 2.73 bits per heavy atom. The van der Waals surface area contributed by atoms with Crippen LogP contribution in [0.25, 0.3) is 11.3 Å². The van der Waals surface area contributed by atoms with Gasteiger partial charge in [0.05, 0.1) is 23.0 Å². The molecule has 2 aromatic heterocycles. The molecule has 0 spiro atoms. The van der Waals surface area contributed by atoms with Crippen LogP contribution in [0.15, 0.2) is 40.1 Å². The third-order valence-corrected chi connectivity index (χ3v) is 5.11. The molecule has 8 heteroatoms. The summed E-state index contributed by atoms with van der Waals surface area (Å²) in [5.74, 6) is 0.850. The van der Waals surface area contributed by atoms with Gasteiger partial charge in [0.25, 0.3) is 0 Å². The first-order valence-corrected chi connectivity index (χ1v) is 10.0. The predicted octanol–water partition coefficient (Wildman–Crippen LogP) is 4.52. The number of rotatable bonds is 3. The van der Waals surface area contributed by atoms with E-state index in [-0.39, 0.29) is 0 Å². The molecule has 1 aliphatic heterocycles. The summed E-state index contributed by atoms with van der Waals surface area (Å²) in [7, 11) is 0. The zero-order chi connectivity index (χ0) is 18.8. The van der Waals surface area contributed by atoms with Gasteiger partial charge in [-0.1, -0.05) is 17.7 Å². The lowest BCUT2D eigenvalue weighted by Gasteiger charge is -2.29. The number of pyridine rings is 2. The Morgan fingerprint density at radius 2 is 2.08 bits per heavy atom. The first kappa shape index (κ1) is 19.4. The molecule has 3 heterocycles. The van der Waals surface area contributed by atoms with E-state index in [1.807, 2.05) is 48.7 Å². The van der Waals surface area contributed by atoms with Crippen molar-refractivity contribution in [2.75, 3.05) is 18.0 Å². The maximum absolute atomic E-state index is 6.41. The van der Waals surface area contributed by atoms with E-state index in [0.717, 1.165) is 51.8 Å². The predicted molar refractivity (Wildman–Crippen MR) is 120 cm³/mol. The zero-order valence-electron chi connectivity index (χ0n) is 14.5. The smallest absolute Gasteiger partial charge is 0.162 e. The highest BCUT2D eigenvalue weighted by atomic mass is 127. The summed E-state index contributed by atoms with van der Waals surface area (Å²) >= 11 is 13.0. The van der Waals surface area contributed by atoms with Crippen LogP contribution in [0.3, 0.4) is 0 Å². The van der Waals surface area contributed by atoms with Crippen molar-refractivity contribution in [2.24, 2.45) is 10.7 Å². The Morgan fingerprint density at radius 1 is 1.31 bits per heavy atom. The maximum Gasteiger partial charge on any atom is 0.162 e. The standard InChI is InChI=1S/C18H19ClIN5S/c1-10-5-11(2)17(23-7-10)12-6-16(22-8-13(12)19)25-4-3-14(15(26)9-25)24-18(20)21/h5-8,26H,3-4,9H2,1-2H3,(H2,21,24). The van der Waals surface area contributed by atoms with Crippen LogP contribution >= 0.6 is 46.8 Å². The van der Waals surface area contributed by atoms with Crippen molar-refractivity contribution < 1.29 is 0 Å². The van der Waals surface area contributed by atoms with E-state index in [9.17, 15) is 0 Å². The molecular formula is C18H19ClIN5S. The summed E-state index contributed by atoms with van der Waals surface area (Å²) in [6.07, 6.45) is 4.31. The maximum atomic E-state index is 6.41. The monoisotopic (exact) mass is 499 g/mol. The number of amidine groups is 1. The van der Waals surface area contributed by atoms with Crippen LogP contribution < -0.4 is 10.6 Å². The van der Waals surface area contributed by atoms with Crippen LogP contribution in [0.2, 0.25) is 5.02 Å². The molecule has 5 nitrogen and oxygen atoms in total. The van der Waals surface area contributed by atoms with Gasteiger partial charge >= 0.3 is 0 Å². The Balaban J connectivity index is 1.94. The Bertz CT molecular complexity index is 908. The van der Waals surface area contributed by atoms with Crippen LogP contribution in [0.5, 0.6) is 0 Å². The average Bonchev–Trinajstić information content (AvgIpc) is 2.57. The third kappa shape index (κ3) is 4.32. The molecule has 0 saturated carbocycles. The fraction of sp³-hybridized carbons (Fsp3) is 0.278. The van der Waals surface area contributed by atoms with E-state index in [1.54, 1.807) is 6.20 Å². The highest BCUT2D eigenvalue weighted by Crippen LogP contribution is 2.33. The molecule has 3 rings (SSSR count). The SMILES string of the molecule is Cc1cnc(-c2cc(N3CCC(N=C(N)I)=C(S)C3)ncc2Cl)c(C)c1. The molecule has 1 aliphatic rings. The molecule has 0 unspecified atom stereocenters. The summed E-state index contributed by atoms with van der Waals surface area (Å²) in [5, 5.41) is 0.592. The van der Waals surface area contributed by atoms with E-state index in [2.05, 4.69) is 38.6 Å². The lowest BCUT2D eigenvalue weighted by molar-refractivity contribution is 0.764. The van der Waals surface area contributed by atoms with Gasteiger partial charge in [-0.3, -0.25) is 4.98 Å².